The number of urea groups is 1. The molecule has 0 aromatic heterocycles. The summed E-state index contributed by atoms with van der Waals surface area (Å²) < 4.78 is 0. The molecule has 4 nitrogen and oxygen atoms in total. The summed E-state index contributed by atoms with van der Waals surface area (Å²) in [6.45, 7) is 2.43. The largest absolute Gasteiger partial charge is 0.395 e. The zero-order valence-electron chi connectivity index (χ0n) is 11.7. The van der Waals surface area contributed by atoms with Crippen molar-refractivity contribution in [2.75, 3.05) is 13.2 Å². The van der Waals surface area contributed by atoms with Crippen molar-refractivity contribution in [3.8, 4) is 0 Å². The minimum atomic E-state index is -0.0941. The van der Waals surface area contributed by atoms with E-state index in [1.54, 1.807) is 4.90 Å². The Hall–Kier alpha value is -1.26. The van der Waals surface area contributed by atoms with Gasteiger partial charge in [0.25, 0.3) is 0 Å². The molecule has 1 aliphatic rings. The molecular formula is C15H21ClN2O2. The average molecular weight is 297 g/mol. The first kappa shape index (κ1) is 15.1. The highest BCUT2D eigenvalue weighted by Gasteiger charge is 2.32. The first-order chi connectivity index (χ1) is 9.65. The van der Waals surface area contributed by atoms with E-state index in [1.807, 2.05) is 31.2 Å². The Balaban J connectivity index is 2.01. The lowest BCUT2D eigenvalue weighted by atomic mass is 10.1. The van der Waals surface area contributed by atoms with Crippen LogP contribution in [0.2, 0.25) is 5.02 Å². The van der Waals surface area contributed by atoms with Crippen molar-refractivity contribution in [3.05, 3.63) is 34.9 Å². The van der Waals surface area contributed by atoms with Gasteiger partial charge in [0.1, 0.15) is 0 Å². The molecule has 1 aromatic rings. The summed E-state index contributed by atoms with van der Waals surface area (Å²) in [6.07, 6.45) is 2.88. The Bertz CT molecular complexity index is 446. The molecule has 0 spiro atoms. The number of carbonyl (C=O) groups excluding carboxylic acids is 1. The minimum absolute atomic E-state index is 0.00164. The smallest absolute Gasteiger partial charge is 0.318 e. The number of carbonyl (C=O) groups is 1. The quantitative estimate of drug-likeness (QED) is 0.848. The van der Waals surface area contributed by atoms with Gasteiger partial charge in [-0.15, -0.1) is 0 Å². The van der Waals surface area contributed by atoms with Gasteiger partial charge in [0, 0.05) is 17.6 Å². The summed E-state index contributed by atoms with van der Waals surface area (Å²) in [5.74, 6) is 0. The molecule has 0 heterocycles. The van der Waals surface area contributed by atoms with Crippen molar-refractivity contribution in [3.63, 3.8) is 0 Å². The number of aliphatic hydroxyl groups excluding tert-OH is 1. The van der Waals surface area contributed by atoms with Gasteiger partial charge in [-0.2, -0.15) is 0 Å². The number of halogens is 1. The molecule has 1 saturated carbocycles. The van der Waals surface area contributed by atoms with Gasteiger partial charge in [0.05, 0.1) is 12.6 Å². The van der Waals surface area contributed by atoms with E-state index >= 15 is 0 Å². The molecule has 5 heteroatoms. The van der Waals surface area contributed by atoms with Gasteiger partial charge in [-0.25, -0.2) is 4.79 Å². The normalized spacial score (nSPS) is 15.8. The van der Waals surface area contributed by atoms with Crippen LogP contribution in [0.3, 0.4) is 0 Å². The van der Waals surface area contributed by atoms with Crippen molar-refractivity contribution < 1.29 is 9.90 Å². The lowest BCUT2D eigenvalue weighted by Crippen LogP contribution is -2.44. The fourth-order valence-corrected chi connectivity index (χ4v) is 2.42. The van der Waals surface area contributed by atoms with Gasteiger partial charge >= 0.3 is 6.03 Å². The molecule has 1 atom stereocenters. The maximum atomic E-state index is 12.3. The zero-order valence-corrected chi connectivity index (χ0v) is 12.4. The third kappa shape index (κ3) is 3.87. The van der Waals surface area contributed by atoms with Gasteiger partial charge in [-0.1, -0.05) is 30.7 Å². The maximum absolute atomic E-state index is 12.3. The molecule has 1 unspecified atom stereocenters. The van der Waals surface area contributed by atoms with Crippen LogP contribution in [0, 0.1) is 0 Å². The van der Waals surface area contributed by atoms with Gasteiger partial charge in [-0.05, 0) is 37.0 Å². The van der Waals surface area contributed by atoms with E-state index in [4.69, 9.17) is 16.7 Å². The van der Waals surface area contributed by atoms with E-state index < -0.39 is 0 Å². The van der Waals surface area contributed by atoms with Crippen LogP contribution in [-0.2, 0) is 0 Å². The Morgan fingerprint density at radius 2 is 2.10 bits per heavy atom. The summed E-state index contributed by atoms with van der Waals surface area (Å²) in [5.41, 5.74) is 1.05. The van der Waals surface area contributed by atoms with Crippen molar-refractivity contribution in [1.29, 1.82) is 0 Å². The monoisotopic (exact) mass is 296 g/mol. The van der Waals surface area contributed by atoms with Crippen LogP contribution in [-0.4, -0.2) is 35.2 Å². The standard InChI is InChI=1S/C15H21ClN2O2/c1-2-14(11-3-5-12(16)6-4-11)17-15(20)18(9-10-19)13-7-8-13/h3-6,13-14,19H,2,7-10H2,1H3,(H,17,20). The molecule has 2 amide bonds. The van der Waals surface area contributed by atoms with Crippen LogP contribution in [0.4, 0.5) is 4.79 Å². The molecule has 2 N–H and O–H groups in total. The Morgan fingerprint density at radius 3 is 2.60 bits per heavy atom. The van der Waals surface area contributed by atoms with E-state index in [1.165, 1.54) is 0 Å². The fourth-order valence-electron chi connectivity index (χ4n) is 2.29. The summed E-state index contributed by atoms with van der Waals surface area (Å²) in [5, 5.41) is 12.8. The molecule has 1 fully saturated rings. The molecule has 1 aliphatic carbocycles. The van der Waals surface area contributed by atoms with Gasteiger partial charge in [-0.3, -0.25) is 0 Å². The van der Waals surface area contributed by atoms with Crippen molar-refractivity contribution in [2.24, 2.45) is 0 Å². The van der Waals surface area contributed by atoms with Crippen LogP contribution in [0.1, 0.15) is 37.8 Å². The topological polar surface area (TPSA) is 52.6 Å². The third-order valence-electron chi connectivity index (χ3n) is 3.57. The molecule has 20 heavy (non-hydrogen) atoms. The van der Waals surface area contributed by atoms with Crippen molar-refractivity contribution >= 4 is 17.6 Å². The van der Waals surface area contributed by atoms with E-state index in [0.29, 0.717) is 17.6 Å². The van der Waals surface area contributed by atoms with Crippen LogP contribution in [0.25, 0.3) is 0 Å². The molecular weight excluding hydrogens is 276 g/mol. The Labute approximate surface area is 124 Å². The van der Waals surface area contributed by atoms with Gasteiger partial charge < -0.3 is 15.3 Å². The third-order valence-corrected chi connectivity index (χ3v) is 3.82. The van der Waals surface area contributed by atoms with E-state index in [2.05, 4.69) is 5.32 Å². The van der Waals surface area contributed by atoms with E-state index in [-0.39, 0.29) is 18.7 Å². The Kier molecular flexibility index (Phi) is 5.26. The highest BCUT2D eigenvalue weighted by Crippen LogP contribution is 2.27. The number of benzene rings is 1. The second-order valence-corrected chi connectivity index (χ2v) is 5.55. The zero-order chi connectivity index (χ0) is 14.5. The Morgan fingerprint density at radius 1 is 1.45 bits per heavy atom. The average Bonchev–Trinajstić information content (AvgIpc) is 3.27. The minimum Gasteiger partial charge on any atom is -0.395 e. The number of amides is 2. The van der Waals surface area contributed by atoms with Crippen LogP contribution in [0.15, 0.2) is 24.3 Å². The van der Waals surface area contributed by atoms with Crippen molar-refractivity contribution in [1.82, 2.24) is 10.2 Å². The predicted molar refractivity (Wildman–Crippen MR) is 79.8 cm³/mol. The second kappa shape index (κ2) is 6.95. The molecule has 110 valence electrons. The second-order valence-electron chi connectivity index (χ2n) is 5.11. The molecule has 1 aromatic carbocycles. The first-order valence-corrected chi connectivity index (χ1v) is 7.47. The lowest BCUT2D eigenvalue weighted by molar-refractivity contribution is 0.170. The summed E-state index contributed by atoms with van der Waals surface area (Å²) in [6, 6.07) is 7.71. The number of nitrogens with zero attached hydrogens (tertiary/aromatic N) is 1. The number of aliphatic hydroxyl groups is 1. The highest BCUT2D eigenvalue weighted by atomic mass is 35.5. The summed E-state index contributed by atoms with van der Waals surface area (Å²) in [7, 11) is 0. The molecule has 0 radical (unpaired) electrons. The van der Waals surface area contributed by atoms with Crippen LogP contribution >= 0.6 is 11.6 Å². The van der Waals surface area contributed by atoms with Crippen molar-refractivity contribution in [2.45, 2.75) is 38.3 Å². The SMILES string of the molecule is CCC(NC(=O)N(CCO)C1CC1)c1ccc(Cl)cc1. The fraction of sp³-hybridized carbons (Fsp3) is 0.533. The number of nitrogens with one attached hydrogen (secondary N) is 1. The molecule has 0 aliphatic heterocycles. The van der Waals surface area contributed by atoms with E-state index in [9.17, 15) is 4.79 Å². The van der Waals surface area contributed by atoms with E-state index in [0.717, 1.165) is 24.8 Å². The highest BCUT2D eigenvalue weighted by molar-refractivity contribution is 6.30. The molecule has 2 rings (SSSR count). The predicted octanol–water partition coefficient (Wildman–Crippen LogP) is 2.96. The first-order valence-electron chi connectivity index (χ1n) is 7.09. The summed E-state index contributed by atoms with van der Waals surface area (Å²) >= 11 is 5.88. The molecule has 0 bridgehead atoms. The van der Waals surface area contributed by atoms with Crippen LogP contribution in [0.5, 0.6) is 0 Å². The number of rotatable bonds is 6. The van der Waals surface area contributed by atoms with Crippen LogP contribution < -0.4 is 5.32 Å². The number of hydrogen-bond donors (Lipinski definition) is 2. The van der Waals surface area contributed by atoms with Gasteiger partial charge in [0.2, 0.25) is 0 Å². The van der Waals surface area contributed by atoms with Gasteiger partial charge in [0.15, 0.2) is 0 Å². The summed E-state index contributed by atoms with van der Waals surface area (Å²) in [4.78, 5) is 14.0. The maximum Gasteiger partial charge on any atom is 0.318 e. The molecule has 0 saturated heterocycles. The lowest BCUT2D eigenvalue weighted by Gasteiger charge is -2.25. The number of hydrogen-bond acceptors (Lipinski definition) is 2.